The predicted molar refractivity (Wildman–Crippen MR) is 78.3 cm³/mol. The zero-order valence-electron chi connectivity index (χ0n) is 11.2. The van der Waals surface area contributed by atoms with Gasteiger partial charge in [-0.15, -0.1) is 0 Å². The predicted octanol–water partition coefficient (Wildman–Crippen LogP) is 3.82. The molecule has 0 aliphatic carbocycles. The molecule has 0 radical (unpaired) electrons. The van der Waals surface area contributed by atoms with Gasteiger partial charge in [0.1, 0.15) is 11.9 Å². The first-order valence-electron chi connectivity index (χ1n) is 6.09. The third-order valence-corrected chi connectivity index (χ3v) is 3.86. The van der Waals surface area contributed by atoms with Crippen LogP contribution in [0.4, 0.5) is 5.82 Å². The number of nitrogen functional groups attached to an aromatic ring is 1. The molecule has 0 bridgehead atoms. The summed E-state index contributed by atoms with van der Waals surface area (Å²) in [6.07, 6.45) is 0. The van der Waals surface area contributed by atoms with Crippen LogP contribution in [0, 0.1) is 25.2 Å². The lowest BCUT2D eigenvalue weighted by Crippen LogP contribution is -2.11. The largest absolute Gasteiger partial charge is 0.384 e. The highest BCUT2D eigenvalue weighted by atomic mass is 35.5. The Morgan fingerprint density at radius 2 is 2.05 bits per heavy atom. The standard InChI is InChI=1S/C15H16ClN3/c1-9-10(2)19(15(18)14(9)8-17)11(3)12-5-4-6-13(16)7-12/h4-7,11H,18H2,1-3H3. The van der Waals surface area contributed by atoms with Crippen molar-refractivity contribution in [2.24, 2.45) is 0 Å². The van der Waals surface area contributed by atoms with Crippen LogP contribution in [0.5, 0.6) is 0 Å². The minimum Gasteiger partial charge on any atom is -0.384 e. The van der Waals surface area contributed by atoms with E-state index >= 15 is 0 Å². The van der Waals surface area contributed by atoms with Crippen molar-refractivity contribution in [2.45, 2.75) is 26.8 Å². The van der Waals surface area contributed by atoms with Crippen molar-refractivity contribution in [3.63, 3.8) is 0 Å². The Hall–Kier alpha value is -1.92. The van der Waals surface area contributed by atoms with Crippen molar-refractivity contribution >= 4 is 17.4 Å². The van der Waals surface area contributed by atoms with E-state index in [9.17, 15) is 0 Å². The molecule has 2 rings (SSSR count). The molecule has 0 aliphatic heterocycles. The number of aromatic nitrogens is 1. The summed E-state index contributed by atoms with van der Waals surface area (Å²) in [6, 6.07) is 9.91. The van der Waals surface area contributed by atoms with Gasteiger partial charge in [0.25, 0.3) is 0 Å². The van der Waals surface area contributed by atoms with Crippen LogP contribution >= 0.6 is 11.6 Å². The third kappa shape index (κ3) is 2.20. The van der Waals surface area contributed by atoms with Crippen molar-refractivity contribution in [2.75, 3.05) is 5.73 Å². The Morgan fingerprint density at radius 1 is 1.37 bits per heavy atom. The van der Waals surface area contributed by atoms with E-state index in [0.29, 0.717) is 16.4 Å². The number of hydrogen-bond donors (Lipinski definition) is 1. The van der Waals surface area contributed by atoms with Gasteiger partial charge >= 0.3 is 0 Å². The smallest absolute Gasteiger partial charge is 0.122 e. The zero-order chi connectivity index (χ0) is 14.2. The monoisotopic (exact) mass is 273 g/mol. The van der Waals surface area contributed by atoms with E-state index in [-0.39, 0.29) is 6.04 Å². The third-order valence-electron chi connectivity index (χ3n) is 3.62. The van der Waals surface area contributed by atoms with Gasteiger partial charge < -0.3 is 10.3 Å². The SMILES string of the molecule is Cc1c(C#N)c(N)n(C(C)c2cccc(Cl)c2)c1C. The van der Waals surface area contributed by atoms with E-state index in [1.54, 1.807) is 0 Å². The number of hydrogen-bond acceptors (Lipinski definition) is 2. The minimum absolute atomic E-state index is 0.0412. The molecular formula is C15H16ClN3. The van der Waals surface area contributed by atoms with Crippen molar-refractivity contribution in [3.05, 3.63) is 51.7 Å². The summed E-state index contributed by atoms with van der Waals surface area (Å²) in [5.74, 6) is 0.518. The number of benzene rings is 1. The molecule has 1 heterocycles. The van der Waals surface area contributed by atoms with Crippen molar-refractivity contribution in [3.8, 4) is 6.07 Å². The molecule has 1 aromatic heterocycles. The average molecular weight is 274 g/mol. The van der Waals surface area contributed by atoms with Crippen LogP contribution in [0.25, 0.3) is 0 Å². The molecule has 1 aromatic carbocycles. The highest BCUT2D eigenvalue weighted by Gasteiger charge is 2.19. The average Bonchev–Trinajstić information content (AvgIpc) is 2.59. The summed E-state index contributed by atoms with van der Waals surface area (Å²) in [4.78, 5) is 0. The lowest BCUT2D eigenvalue weighted by atomic mass is 10.1. The molecule has 2 aromatic rings. The van der Waals surface area contributed by atoms with Crippen molar-refractivity contribution in [1.29, 1.82) is 5.26 Å². The van der Waals surface area contributed by atoms with Gasteiger partial charge in [-0.3, -0.25) is 0 Å². The Labute approximate surface area is 118 Å². The second-order valence-electron chi connectivity index (χ2n) is 4.68. The van der Waals surface area contributed by atoms with Crippen LogP contribution in [0.2, 0.25) is 5.02 Å². The van der Waals surface area contributed by atoms with Crippen LogP contribution in [0.1, 0.15) is 35.3 Å². The fourth-order valence-electron chi connectivity index (χ4n) is 2.41. The molecule has 98 valence electrons. The molecule has 0 saturated carbocycles. The van der Waals surface area contributed by atoms with E-state index in [1.165, 1.54) is 0 Å². The molecule has 1 unspecified atom stereocenters. The van der Waals surface area contributed by atoms with E-state index in [1.807, 2.05) is 42.7 Å². The van der Waals surface area contributed by atoms with Crippen LogP contribution in [-0.2, 0) is 0 Å². The van der Waals surface area contributed by atoms with Crippen LogP contribution in [0.15, 0.2) is 24.3 Å². The van der Waals surface area contributed by atoms with Crippen LogP contribution < -0.4 is 5.73 Å². The first-order chi connectivity index (χ1) is 8.97. The maximum absolute atomic E-state index is 9.17. The molecule has 19 heavy (non-hydrogen) atoms. The molecule has 0 saturated heterocycles. The van der Waals surface area contributed by atoms with Gasteiger partial charge in [-0.1, -0.05) is 23.7 Å². The van der Waals surface area contributed by atoms with E-state index < -0.39 is 0 Å². The molecule has 3 nitrogen and oxygen atoms in total. The van der Waals surface area contributed by atoms with Gasteiger partial charge in [0.2, 0.25) is 0 Å². The van der Waals surface area contributed by atoms with E-state index in [0.717, 1.165) is 16.8 Å². The number of nitriles is 1. The number of halogens is 1. The van der Waals surface area contributed by atoms with Gasteiger partial charge in [-0.05, 0) is 44.0 Å². The number of nitrogens with zero attached hydrogens (tertiary/aromatic N) is 2. The maximum Gasteiger partial charge on any atom is 0.122 e. The van der Waals surface area contributed by atoms with Gasteiger partial charge in [0.05, 0.1) is 11.6 Å². The number of anilines is 1. The number of rotatable bonds is 2. The summed E-state index contributed by atoms with van der Waals surface area (Å²) in [5, 5.41) is 9.87. The van der Waals surface area contributed by atoms with Crippen molar-refractivity contribution in [1.82, 2.24) is 4.57 Å². The van der Waals surface area contributed by atoms with Gasteiger partial charge in [0, 0.05) is 10.7 Å². The summed E-state index contributed by atoms with van der Waals surface area (Å²) in [7, 11) is 0. The quantitative estimate of drug-likeness (QED) is 0.904. The first-order valence-corrected chi connectivity index (χ1v) is 6.47. The Morgan fingerprint density at radius 3 is 2.58 bits per heavy atom. The molecule has 0 aliphatic rings. The minimum atomic E-state index is 0.0412. The summed E-state index contributed by atoms with van der Waals surface area (Å²) >= 11 is 6.03. The summed E-state index contributed by atoms with van der Waals surface area (Å²) in [5.41, 5.74) is 9.69. The lowest BCUT2D eigenvalue weighted by Gasteiger charge is -2.19. The fraction of sp³-hybridized carbons (Fsp3) is 0.267. The van der Waals surface area contributed by atoms with Gasteiger partial charge in [0.15, 0.2) is 0 Å². The molecule has 4 heteroatoms. The lowest BCUT2D eigenvalue weighted by molar-refractivity contribution is 0.633. The first kappa shape index (κ1) is 13.5. The zero-order valence-corrected chi connectivity index (χ0v) is 12.0. The highest BCUT2D eigenvalue weighted by Crippen LogP contribution is 2.31. The molecular weight excluding hydrogens is 258 g/mol. The normalized spacial score (nSPS) is 12.2. The second-order valence-corrected chi connectivity index (χ2v) is 5.12. The molecule has 0 fully saturated rings. The molecule has 0 amide bonds. The summed E-state index contributed by atoms with van der Waals surface area (Å²) in [6.45, 7) is 5.95. The Kier molecular flexibility index (Phi) is 3.55. The van der Waals surface area contributed by atoms with Crippen molar-refractivity contribution < 1.29 is 0 Å². The van der Waals surface area contributed by atoms with E-state index in [2.05, 4.69) is 13.0 Å². The molecule has 2 N–H and O–H groups in total. The van der Waals surface area contributed by atoms with Gasteiger partial charge in [-0.25, -0.2) is 0 Å². The Balaban J connectivity index is 2.57. The Bertz CT molecular complexity index is 665. The highest BCUT2D eigenvalue weighted by molar-refractivity contribution is 6.30. The summed E-state index contributed by atoms with van der Waals surface area (Å²) < 4.78 is 1.99. The van der Waals surface area contributed by atoms with Crippen LogP contribution in [-0.4, -0.2) is 4.57 Å². The maximum atomic E-state index is 9.17. The molecule has 1 atom stereocenters. The molecule has 0 spiro atoms. The fourth-order valence-corrected chi connectivity index (χ4v) is 2.61. The number of nitrogens with two attached hydrogens (primary N) is 1. The topological polar surface area (TPSA) is 54.7 Å². The van der Waals surface area contributed by atoms with Crippen LogP contribution in [0.3, 0.4) is 0 Å². The van der Waals surface area contributed by atoms with Gasteiger partial charge in [-0.2, -0.15) is 5.26 Å². The second kappa shape index (κ2) is 4.99. The van der Waals surface area contributed by atoms with E-state index in [4.69, 9.17) is 22.6 Å².